The molecule has 0 aromatic heterocycles. The molecule has 0 saturated heterocycles. The van der Waals surface area contributed by atoms with Gasteiger partial charge in [0.15, 0.2) is 0 Å². The van der Waals surface area contributed by atoms with E-state index in [9.17, 15) is 4.79 Å². The maximum absolute atomic E-state index is 12.6. The third-order valence-electron chi connectivity index (χ3n) is 3.21. The Bertz CT molecular complexity index is 463. The lowest BCUT2D eigenvalue weighted by Gasteiger charge is -2.30. The van der Waals surface area contributed by atoms with Gasteiger partial charge in [0.25, 0.3) is 5.91 Å². The van der Waals surface area contributed by atoms with Gasteiger partial charge in [-0.25, -0.2) is 0 Å². The molecule has 0 heterocycles. The SMILES string of the molecule is CCC(CC)N(CCBr)C(=O)c1cccc(C#N)c1. The third-order valence-corrected chi connectivity index (χ3v) is 3.56. The summed E-state index contributed by atoms with van der Waals surface area (Å²) >= 11 is 3.40. The minimum absolute atomic E-state index is 0.00486. The summed E-state index contributed by atoms with van der Waals surface area (Å²) in [6, 6.07) is 9.21. The average molecular weight is 323 g/mol. The number of carbonyl (C=O) groups is 1. The number of benzene rings is 1. The van der Waals surface area contributed by atoms with Gasteiger partial charge in [-0.15, -0.1) is 0 Å². The van der Waals surface area contributed by atoms with Gasteiger partial charge in [0, 0.05) is 23.5 Å². The fourth-order valence-electron chi connectivity index (χ4n) is 2.16. The first-order chi connectivity index (χ1) is 9.17. The number of carbonyl (C=O) groups excluding carboxylic acids is 1. The van der Waals surface area contributed by atoms with Crippen LogP contribution in [0.4, 0.5) is 0 Å². The highest BCUT2D eigenvalue weighted by atomic mass is 79.9. The number of hydrogen-bond donors (Lipinski definition) is 0. The molecule has 0 saturated carbocycles. The van der Waals surface area contributed by atoms with Crippen molar-refractivity contribution in [2.24, 2.45) is 0 Å². The monoisotopic (exact) mass is 322 g/mol. The zero-order valence-electron chi connectivity index (χ0n) is 11.4. The quantitative estimate of drug-likeness (QED) is 0.751. The van der Waals surface area contributed by atoms with Crippen molar-refractivity contribution in [3.63, 3.8) is 0 Å². The molecule has 0 unspecified atom stereocenters. The number of nitrogens with zero attached hydrogens (tertiary/aromatic N) is 2. The van der Waals surface area contributed by atoms with Crippen molar-refractivity contribution >= 4 is 21.8 Å². The summed E-state index contributed by atoms with van der Waals surface area (Å²) in [7, 11) is 0. The molecule has 0 bridgehead atoms. The molecule has 0 fully saturated rings. The second-order valence-electron chi connectivity index (χ2n) is 4.35. The number of nitriles is 1. The fraction of sp³-hybridized carbons (Fsp3) is 0.467. The first-order valence-electron chi connectivity index (χ1n) is 6.55. The highest BCUT2D eigenvalue weighted by molar-refractivity contribution is 9.09. The minimum atomic E-state index is 0.00486. The Morgan fingerprint density at radius 3 is 2.63 bits per heavy atom. The van der Waals surface area contributed by atoms with Gasteiger partial charge in [0.2, 0.25) is 0 Å². The number of alkyl halides is 1. The van der Waals surface area contributed by atoms with Crippen LogP contribution in [0.25, 0.3) is 0 Å². The molecule has 0 atom stereocenters. The van der Waals surface area contributed by atoms with Crippen molar-refractivity contribution in [1.29, 1.82) is 5.26 Å². The van der Waals surface area contributed by atoms with E-state index in [1.807, 2.05) is 4.90 Å². The predicted molar refractivity (Wildman–Crippen MR) is 80.4 cm³/mol. The Morgan fingerprint density at radius 1 is 1.42 bits per heavy atom. The van der Waals surface area contributed by atoms with Gasteiger partial charge in [-0.2, -0.15) is 5.26 Å². The van der Waals surface area contributed by atoms with Gasteiger partial charge >= 0.3 is 0 Å². The zero-order chi connectivity index (χ0) is 14.3. The Kier molecular flexibility index (Phi) is 6.58. The van der Waals surface area contributed by atoms with Crippen LogP contribution in [0.2, 0.25) is 0 Å². The molecule has 3 nitrogen and oxygen atoms in total. The third kappa shape index (κ3) is 4.07. The van der Waals surface area contributed by atoms with E-state index in [4.69, 9.17) is 5.26 Å². The topological polar surface area (TPSA) is 44.1 Å². The van der Waals surface area contributed by atoms with Crippen molar-refractivity contribution in [2.45, 2.75) is 32.7 Å². The van der Waals surface area contributed by atoms with E-state index >= 15 is 0 Å². The molecule has 0 aliphatic carbocycles. The first kappa shape index (κ1) is 15.7. The molecule has 1 aromatic rings. The lowest BCUT2D eigenvalue weighted by Crippen LogP contribution is -2.41. The molecule has 4 heteroatoms. The molecule has 0 radical (unpaired) electrons. The van der Waals surface area contributed by atoms with E-state index in [-0.39, 0.29) is 11.9 Å². The van der Waals surface area contributed by atoms with Crippen molar-refractivity contribution in [2.75, 3.05) is 11.9 Å². The Hall–Kier alpha value is -1.34. The summed E-state index contributed by atoms with van der Waals surface area (Å²) in [6.07, 6.45) is 1.88. The number of halogens is 1. The standard InChI is InChI=1S/C15H19BrN2O/c1-3-14(4-2)18(9-8-16)15(19)13-7-5-6-12(10-13)11-17/h5-7,10,14H,3-4,8-9H2,1-2H3. The van der Waals surface area contributed by atoms with E-state index in [0.717, 1.165) is 18.2 Å². The molecular weight excluding hydrogens is 304 g/mol. The lowest BCUT2D eigenvalue weighted by atomic mass is 10.1. The van der Waals surface area contributed by atoms with Gasteiger partial charge in [0.05, 0.1) is 11.6 Å². The van der Waals surface area contributed by atoms with Gasteiger partial charge in [-0.3, -0.25) is 4.79 Å². The van der Waals surface area contributed by atoms with Crippen molar-refractivity contribution in [1.82, 2.24) is 4.90 Å². The normalized spacial score (nSPS) is 10.3. The Labute approximate surface area is 123 Å². The fourth-order valence-corrected chi connectivity index (χ4v) is 2.54. The van der Waals surface area contributed by atoms with Crippen molar-refractivity contribution in [3.8, 4) is 6.07 Å². The number of rotatable bonds is 6. The first-order valence-corrected chi connectivity index (χ1v) is 7.67. The molecule has 1 rings (SSSR count). The molecule has 0 N–H and O–H groups in total. The predicted octanol–water partition coefficient (Wildman–Crippen LogP) is 3.58. The second-order valence-corrected chi connectivity index (χ2v) is 5.14. The maximum Gasteiger partial charge on any atom is 0.254 e. The summed E-state index contributed by atoms with van der Waals surface area (Å²) in [5, 5.41) is 9.66. The van der Waals surface area contributed by atoms with Crippen LogP contribution in [0, 0.1) is 11.3 Å². The van der Waals surface area contributed by atoms with E-state index in [1.54, 1.807) is 24.3 Å². The van der Waals surface area contributed by atoms with Crippen LogP contribution in [0.15, 0.2) is 24.3 Å². The van der Waals surface area contributed by atoms with Gasteiger partial charge in [-0.1, -0.05) is 35.8 Å². The smallest absolute Gasteiger partial charge is 0.254 e. The average Bonchev–Trinajstić information content (AvgIpc) is 2.47. The van der Waals surface area contributed by atoms with Crippen LogP contribution in [0.5, 0.6) is 0 Å². The van der Waals surface area contributed by atoms with Crippen LogP contribution < -0.4 is 0 Å². The maximum atomic E-state index is 12.6. The molecule has 0 aliphatic heterocycles. The molecule has 0 spiro atoms. The van der Waals surface area contributed by atoms with Crippen LogP contribution in [-0.2, 0) is 0 Å². The molecule has 1 aromatic carbocycles. The molecule has 102 valence electrons. The van der Waals surface area contributed by atoms with Crippen LogP contribution in [0.1, 0.15) is 42.6 Å². The van der Waals surface area contributed by atoms with Gasteiger partial charge in [0.1, 0.15) is 0 Å². The lowest BCUT2D eigenvalue weighted by molar-refractivity contribution is 0.0683. The molecule has 1 amide bonds. The number of hydrogen-bond acceptors (Lipinski definition) is 2. The summed E-state index contributed by atoms with van der Waals surface area (Å²) in [5.41, 5.74) is 1.11. The zero-order valence-corrected chi connectivity index (χ0v) is 13.0. The molecule has 0 aliphatic rings. The van der Waals surface area contributed by atoms with Crippen LogP contribution >= 0.6 is 15.9 Å². The van der Waals surface area contributed by atoms with E-state index in [2.05, 4.69) is 35.8 Å². The highest BCUT2D eigenvalue weighted by Gasteiger charge is 2.21. The van der Waals surface area contributed by atoms with E-state index in [0.29, 0.717) is 17.7 Å². The Morgan fingerprint density at radius 2 is 2.11 bits per heavy atom. The van der Waals surface area contributed by atoms with E-state index < -0.39 is 0 Å². The molecular formula is C15H19BrN2O. The second kappa shape index (κ2) is 7.96. The van der Waals surface area contributed by atoms with E-state index in [1.165, 1.54) is 0 Å². The van der Waals surface area contributed by atoms with Crippen LogP contribution in [0.3, 0.4) is 0 Å². The summed E-state index contributed by atoms with van der Waals surface area (Å²) in [4.78, 5) is 14.5. The molecule has 19 heavy (non-hydrogen) atoms. The largest absolute Gasteiger partial charge is 0.335 e. The Balaban J connectivity index is 3.01. The summed E-state index contributed by atoms with van der Waals surface area (Å²) < 4.78 is 0. The van der Waals surface area contributed by atoms with Gasteiger partial charge in [-0.05, 0) is 31.0 Å². The number of amides is 1. The minimum Gasteiger partial charge on any atom is -0.335 e. The van der Waals surface area contributed by atoms with Crippen molar-refractivity contribution in [3.05, 3.63) is 35.4 Å². The highest BCUT2D eigenvalue weighted by Crippen LogP contribution is 2.15. The van der Waals surface area contributed by atoms with Crippen molar-refractivity contribution < 1.29 is 4.79 Å². The van der Waals surface area contributed by atoms with Gasteiger partial charge < -0.3 is 4.90 Å². The summed E-state index contributed by atoms with van der Waals surface area (Å²) in [6.45, 7) is 4.87. The van der Waals surface area contributed by atoms with Crippen LogP contribution in [-0.4, -0.2) is 28.7 Å². The summed E-state index contributed by atoms with van der Waals surface area (Å²) in [5.74, 6) is 0.00486.